The van der Waals surface area contributed by atoms with Crippen LogP contribution in [-0.4, -0.2) is 15.0 Å². The molecule has 0 atom stereocenters. The van der Waals surface area contributed by atoms with Crippen molar-refractivity contribution in [3.63, 3.8) is 0 Å². The Morgan fingerprint density at radius 3 is 2.72 bits per heavy atom. The average Bonchev–Trinajstić information content (AvgIpc) is 2.66. The quantitative estimate of drug-likeness (QED) is 0.630. The van der Waals surface area contributed by atoms with Crippen LogP contribution in [0.15, 0.2) is 24.4 Å². The molecule has 0 unspecified atom stereocenters. The summed E-state index contributed by atoms with van der Waals surface area (Å²) in [6.45, 7) is 4.11. The number of halogens is 1. The number of aryl methyl sites for hydroxylation is 2. The van der Waals surface area contributed by atoms with Gasteiger partial charge in [0, 0.05) is 11.1 Å². The van der Waals surface area contributed by atoms with Crippen molar-refractivity contribution in [2.24, 2.45) is 0 Å². The minimum absolute atomic E-state index is 0.502. The second-order valence-corrected chi connectivity index (χ2v) is 5.58. The summed E-state index contributed by atoms with van der Waals surface area (Å²) in [5.41, 5.74) is 1.90. The first-order valence-corrected chi connectivity index (χ1v) is 6.71. The number of hydrogen-bond acceptors (Lipinski definition) is 4. The molecule has 90 valence electrons. The van der Waals surface area contributed by atoms with E-state index in [2.05, 4.69) is 21.9 Å². The first-order valence-electron chi connectivity index (χ1n) is 5.51. The van der Waals surface area contributed by atoms with Crippen LogP contribution in [0.5, 0.6) is 0 Å². The smallest absolute Gasteiger partial charge is 0.180 e. The van der Waals surface area contributed by atoms with Crippen LogP contribution in [0.4, 0.5) is 0 Å². The second-order valence-electron chi connectivity index (χ2n) is 4.02. The van der Waals surface area contributed by atoms with Gasteiger partial charge in [-0.3, -0.25) is 4.98 Å². The Morgan fingerprint density at radius 2 is 2.00 bits per heavy atom. The molecule has 0 aliphatic heterocycles. The monoisotopic (exact) mass is 275 g/mol. The Kier molecular flexibility index (Phi) is 2.76. The predicted molar refractivity (Wildman–Crippen MR) is 75.1 cm³/mol. The molecule has 0 spiro atoms. The van der Waals surface area contributed by atoms with E-state index in [-0.39, 0.29) is 0 Å². The van der Waals surface area contributed by atoms with Crippen LogP contribution in [0.3, 0.4) is 0 Å². The maximum absolute atomic E-state index is 6.26. The van der Waals surface area contributed by atoms with E-state index in [0.29, 0.717) is 11.0 Å². The van der Waals surface area contributed by atoms with Gasteiger partial charge in [0.15, 0.2) is 5.82 Å². The molecule has 0 saturated heterocycles. The van der Waals surface area contributed by atoms with Gasteiger partial charge in [-0.05, 0) is 31.5 Å². The second kappa shape index (κ2) is 4.30. The molecule has 0 aromatic carbocycles. The summed E-state index contributed by atoms with van der Waals surface area (Å²) in [5.74, 6) is 0.578. The minimum Gasteiger partial charge on any atom is -0.253 e. The van der Waals surface area contributed by atoms with Gasteiger partial charge in [-0.25, -0.2) is 9.97 Å². The Labute approximate surface area is 114 Å². The van der Waals surface area contributed by atoms with Crippen molar-refractivity contribution < 1.29 is 0 Å². The summed E-state index contributed by atoms with van der Waals surface area (Å²) in [4.78, 5) is 15.3. The van der Waals surface area contributed by atoms with Crippen LogP contribution in [-0.2, 0) is 0 Å². The molecular formula is C13H10ClN3S. The maximum Gasteiger partial charge on any atom is 0.180 e. The molecule has 5 heteroatoms. The first kappa shape index (κ1) is 11.6. The van der Waals surface area contributed by atoms with Gasteiger partial charge in [0.1, 0.15) is 15.7 Å². The van der Waals surface area contributed by atoms with E-state index in [1.165, 1.54) is 4.88 Å². The summed E-state index contributed by atoms with van der Waals surface area (Å²) in [7, 11) is 0. The number of rotatable bonds is 1. The molecule has 0 N–H and O–H groups in total. The molecule has 3 aromatic heterocycles. The van der Waals surface area contributed by atoms with E-state index in [4.69, 9.17) is 11.6 Å². The summed E-state index contributed by atoms with van der Waals surface area (Å²) in [6, 6.07) is 5.66. The third kappa shape index (κ3) is 1.78. The van der Waals surface area contributed by atoms with Gasteiger partial charge in [-0.2, -0.15) is 0 Å². The Bertz CT molecular complexity index is 722. The number of pyridine rings is 1. The van der Waals surface area contributed by atoms with Gasteiger partial charge in [0.25, 0.3) is 0 Å². The Morgan fingerprint density at radius 1 is 1.17 bits per heavy atom. The molecule has 0 bridgehead atoms. The zero-order valence-corrected chi connectivity index (χ0v) is 11.5. The van der Waals surface area contributed by atoms with Gasteiger partial charge in [0.05, 0.1) is 5.39 Å². The van der Waals surface area contributed by atoms with Crippen molar-refractivity contribution in [2.45, 2.75) is 13.8 Å². The fourth-order valence-corrected chi connectivity index (χ4v) is 3.21. The minimum atomic E-state index is 0.502. The number of nitrogens with zero attached hydrogens (tertiary/aromatic N) is 3. The first-order chi connectivity index (χ1) is 8.66. The fourth-order valence-electron chi connectivity index (χ4n) is 1.81. The standard InChI is InChI=1S/C13H10ClN3S/c1-7-8(2)18-13-10(7)11(14)16-12(17-13)9-5-3-4-6-15-9/h3-6H,1-2H3. The van der Waals surface area contributed by atoms with E-state index < -0.39 is 0 Å². The highest BCUT2D eigenvalue weighted by Gasteiger charge is 2.14. The van der Waals surface area contributed by atoms with Crippen LogP contribution < -0.4 is 0 Å². The third-order valence-electron chi connectivity index (χ3n) is 2.88. The van der Waals surface area contributed by atoms with Gasteiger partial charge < -0.3 is 0 Å². The van der Waals surface area contributed by atoms with Crippen LogP contribution in [0.2, 0.25) is 5.15 Å². The lowest BCUT2D eigenvalue weighted by molar-refractivity contribution is 1.18. The van der Waals surface area contributed by atoms with Crippen LogP contribution in [0.1, 0.15) is 10.4 Å². The van der Waals surface area contributed by atoms with E-state index in [9.17, 15) is 0 Å². The van der Waals surface area contributed by atoms with E-state index >= 15 is 0 Å². The summed E-state index contributed by atoms with van der Waals surface area (Å²) in [6.07, 6.45) is 1.72. The molecule has 0 amide bonds. The molecule has 3 aromatic rings. The molecular weight excluding hydrogens is 266 g/mol. The highest BCUT2D eigenvalue weighted by atomic mass is 35.5. The van der Waals surface area contributed by atoms with E-state index in [1.807, 2.05) is 25.1 Å². The fraction of sp³-hybridized carbons (Fsp3) is 0.154. The average molecular weight is 276 g/mol. The molecule has 3 nitrogen and oxygen atoms in total. The van der Waals surface area contributed by atoms with Crippen molar-refractivity contribution in [3.8, 4) is 11.5 Å². The van der Waals surface area contributed by atoms with Gasteiger partial charge in [-0.1, -0.05) is 17.7 Å². The summed E-state index contributed by atoms with van der Waals surface area (Å²) in [5, 5.41) is 1.46. The number of aromatic nitrogens is 3. The topological polar surface area (TPSA) is 38.7 Å². The molecule has 0 radical (unpaired) electrons. The van der Waals surface area contributed by atoms with Crippen molar-refractivity contribution in [1.29, 1.82) is 0 Å². The van der Waals surface area contributed by atoms with Crippen LogP contribution in [0.25, 0.3) is 21.7 Å². The normalized spacial score (nSPS) is 11.1. The van der Waals surface area contributed by atoms with Crippen molar-refractivity contribution >= 4 is 33.2 Å². The highest BCUT2D eigenvalue weighted by molar-refractivity contribution is 7.18. The zero-order valence-electron chi connectivity index (χ0n) is 9.94. The molecule has 18 heavy (non-hydrogen) atoms. The number of hydrogen-bond donors (Lipinski definition) is 0. The van der Waals surface area contributed by atoms with Gasteiger partial charge >= 0.3 is 0 Å². The lowest BCUT2D eigenvalue weighted by atomic mass is 10.2. The molecule has 0 fully saturated rings. The molecule has 0 saturated carbocycles. The molecule has 0 aliphatic rings. The third-order valence-corrected chi connectivity index (χ3v) is 4.25. The predicted octanol–water partition coefficient (Wildman–Crippen LogP) is 4.02. The zero-order chi connectivity index (χ0) is 12.7. The largest absolute Gasteiger partial charge is 0.253 e. The Balaban J connectivity index is 2.28. The van der Waals surface area contributed by atoms with E-state index in [0.717, 1.165) is 21.5 Å². The van der Waals surface area contributed by atoms with Gasteiger partial charge in [-0.15, -0.1) is 11.3 Å². The van der Waals surface area contributed by atoms with Gasteiger partial charge in [0.2, 0.25) is 0 Å². The Hall–Kier alpha value is -1.52. The van der Waals surface area contributed by atoms with Crippen molar-refractivity contribution in [2.75, 3.05) is 0 Å². The van der Waals surface area contributed by atoms with E-state index in [1.54, 1.807) is 17.5 Å². The highest BCUT2D eigenvalue weighted by Crippen LogP contribution is 2.34. The number of fused-ring (bicyclic) bond motifs is 1. The maximum atomic E-state index is 6.26. The summed E-state index contributed by atoms with van der Waals surface area (Å²) >= 11 is 7.90. The van der Waals surface area contributed by atoms with Crippen LogP contribution in [0, 0.1) is 13.8 Å². The molecule has 0 aliphatic carbocycles. The summed E-state index contributed by atoms with van der Waals surface area (Å²) < 4.78 is 0. The van der Waals surface area contributed by atoms with Crippen molar-refractivity contribution in [1.82, 2.24) is 15.0 Å². The number of thiophene rings is 1. The van der Waals surface area contributed by atoms with Crippen LogP contribution >= 0.6 is 22.9 Å². The molecule has 3 rings (SSSR count). The van der Waals surface area contributed by atoms with Crippen molar-refractivity contribution in [3.05, 3.63) is 40.0 Å². The lowest BCUT2D eigenvalue weighted by Crippen LogP contribution is -1.92. The SMILES string of the molecule is Cc1sc2nc(-c3ccccn3)nc(Cl)c2c1C. The molecule has 3 heterocycles. The lowest BCUT2D eigenvalue weighted by Gasteiger charge is -2.01.